The third kappa shape index (κ3) is 4.12. The minimum absolute atomic E-state index is 0.0134. The van der Waals surface area contributed by atoms with E-state index in [9.17, 15) is 26.3 Å². The van der Waals surface area contributed by atoms with Crippen molar-refractivity contribution in [3.8, 4) is 5.75 Å². The molecule has 0 atom stereocenters. The smallest absolute Gasteiger partial charge is 0.399 e. The van der Waals surface area contributed by atoms with Gasteiger partial charge in [-0.15, -0.1) is 13.2 Å². The Kier molecular flexibility index (Phi) is 5.22. The van der Waals surface area contributed by atoms with E-state index in [0.717, 1.165) is 24.5 Å². The lowest BCUT2D eigenvalue weighted by Gasteiger charge is -2.21. The summed E-state index contributed by atoms with van der Waals surface area (Å²) >= 11 is 0. The SMILES string of the molecule is CCCc1ccc(C2=CCc3c(cc(F)c(OC(F)(F)F)c3F)C2)c(F)c1. The maximum Gasteiger partial charge on any atom is 0.573 e. The summed E-state index contributed by atoms with van der Waals surface area (Å²) < 4.78 is 83.2. The van der Waals surface area contributed by atoms with Crippen molar-refractivity contribution in [3.63, 3.8) is 0 Å². The van der Waals surface area contributed by atoms with E-state index < -0.39 is 29.6 Å². The van der Waals surface area contributed by atoms with E-state index in [4.69, 9.17) is 0 Å². The molecular weight excluding hydrogens is 370 g/mol. The molecule has 0 N–H and O–H groups in total. The minimum atomic E-state index is -5.20. The lowest BCUT2D eigenvalue weighted by atomic mass is 9.87. The fourth-order valence-electron chi connectivity index (χ4n) is 3.25. The van der Waals surface area contributed by atoms with Crippen molar-refractivity contribution in [3.05, 3.63) is 70.0 Å². The highest BCUT2D eigenvalue weighted by molar-refractivity contribution is 5.71. The first kappa shape index (κ1) is 19.3. The highest BCUT2D eigenvalue weighted by atomic mass is 19.4. The number of ether oxygens (including phenoxy) is 1. The Morgan fingerprint density at radius 1 is 1.04 bits per heavy atom. The number of alkyl halides is 3. The van der Waals surface area contributed by atoms with Gasteiger partial charge in [0.15, 0.2) is 11.6 Å². The molecule has 1 nitrogen and oxygen atoms in total. The molecule has 3 rings (SSSR count). The Morgan fingerprint density at radius 2 is 1.78 bits per heavy atom. The van der Waals surface area contributed by atoms with Crippen LogP contribution in [0, 0.1) is 17.5 Å². The van der Waals surface area contributed by atoms with Crippen molar-refractivity contribution in [2.45, 2.75) is 39.0 Å². The van der Waals surface area contributed by atoms with Crippen LogP contribution in [0.15, 0.2) is 30.3 Å². The molecule has 7 heteroatoms. The van der Waals surface area contributed by atoms with Gasteiger partial charge in [-0.1, -0.05) is 31.6 Å². The molecule has 0 saturated heterocycles. The van der Waals surface area contributed by atoms with Crippen molar-refractivity contribution >= 4 is 5.57 Å². The summed E-state index contributed by atoms with van der Waals surface area (Å²) in [7, 11) is 0. The van der Waals surface area contributed by atoms with E-state index in [1.807, 2.05) is 6.92 Å². The molecule has 2 aromatic carbocycles. The van der Waals surface area contributed by atoms with E-state index >= 15 is 0 Å². The first-order valence-corrected chi connectivity index (χ1v) is 8.43. The van der Waals surface area contributed by atoms with Crippen LogP contribution in [0.1, 0.15) is 35.6 Å². The summed E-state index contributed by atoms with van der Waals surface area (Å²) in [6.45, 7) is 1.98. The summed E-state index contributed by atoms with van der Waals surface area (Å²) in [5.41, 5.74) is 1.79. The van der Waals surface area contributed by atoms with E-state index in [1.54, 1.807) is 18.2 Å². The second kappa shape index (κ2) is 7.29. The zero-order valence-electron chi connectivity index (χ0n) is 14.4. The van der Waals surface area contributed by atoms with Crippen LogP contribution in [0.5, 0.6) is 5.75 Å². The maximum atomic E-state index is 14.4. The molecule has 27 heavy (non-hydrogen) atoms. The van der Waals surface area contributed by atoms with E-state index in [-0.39, 0.29) is 24.0 Å². The average Bonchev–Trinajstić information content (AvgIpc) is 2.58. The quantitative estimate of drug-likeness (QED) is 0.574. The number of hydrogen-bond donors (Lipinski definition) is 0. The second-order valence-electron chi connectivity index (χ2n) is 6.36. The molecule has 0 radical (unpaired) electrons. The van der Waals surface area contributed by atoms with Gasteiger partial charge < -0.3 is 4.74 Å². The summed E-state index contributed by atoms with van der Waals surface area (Å²) in [6.07, 6.45) is -2.12. The van der Waals surface area contributed by atoms with Crippen LogP contribution in [0.25, 0.3) is 5.57 Å². The molecule has 0 spiro atoms. The van der Waals surface area contributed by atoms with Crippen LogP contribution in [-0.4, -0.2) is 6.36 Å². The van der Waals surface area contributed by atoms with E-state index in [1.165, 1.54) is 6.07 Å². The Labute approximate surface area is 152 Å². The Bertz CT molecular complexity index is 898. The van der Waals surface area contributed by atoms with Crippen LogP contribution >= 0.6 is 0 Å². The van der Waals surface area contributed by atoms with Gasteiger partial charge in [0, 0.05) is 5.56 Å². The molecule has 2 aromatic rings. The molecular formula is C20H16F6O. The largest absolute Gasteiger partial charge is 0.573 e. The summed E-state index contributed by atoms with van der Waals surface area (Å²) in [6, 6.07) is 5.65. The van der Waals surface area contributed by atoms with Gasteiger partial charge in [-0.05, 0) is 53.7 Å². The summed E-state index contributed by atoms with van der Waals surface area (Å²) in [5.74, 6) is -4.72. The van der Waals surface area contributed by atoms with E-state index in [2.05, 4.69) is 4.74 Å². The Hall–Kier alpha value is -2.44. The molecule has 0 amide bonds. The molecule has 1 aliphatic rings. The van der Waals surface area contributed by atoms with Crippen LogP contribution in [-0.2, 0) is 19.3 Å². The van der Waals surface area contributed by atoms with Crippen LogP contribution < -0.4 is 4.74 Å². The summed E-state index contributed by atoms with van der Waals surface area (Å²) in [5, 5.41) is 0. The summed E-state index contributed by atoms with van der Waals surface area (Å²) in [4.78, 5) is 0. The predicted molar refractivity (Wildman–Crippen MR) is 88.8 cm³/mol. The highest BCUT2D eigenvalue weighted by Crippen LogP contribution is 2.37. The van der Waals surface area contributed by atoms with Crippen molar-refractivity contribution in [2.75, 3.05) is 0 Å². The molecule has 0 saturated carbocycles. The van der Waals surface area contributed by atoms with Gasteiger partial charge in [0.25, 0.3) is 0 Å². The molecule has 0 bridgehead atoms. The number of halogens is 6. The van der Waals surface area contributed by atoms with Gasteiger partial charge in [0.05, 0.1) is 0 Å². The normalized spacial score (nSPS) is 14.0. The van der Waals surface area contributed by atoms with Crippen molar-refractivity contribution < 1.29 is 31.1 Å². The van der Waals surface area contributed by atoms with Gasteiger partial charge in [-0.25, -0.2) is 13.2 Å². The number of fused-ring (bicyclic) bond motifs is 1. The van der Waals surface area contributed by atoms with Gasteiger partial charge in [0.2, 0.25) is 5.75 Å². The first-order chi connectivity index (χ1) is 12.7. The molecule has 0 aromatic heterocycles. The molecule has 0 fully saturated rings. The zero-order chi connectivity index (χ0) is 19.8. The van der Waals surface area contributed by atoms with Crippen molar-refractivity contribution in [1.29, 1.82) is 0 Å². The standard InChI is InChI=1S/C20H16F6O/c1-2-3-11-4-6-14(16(21)8-11)12-5-7-15-13(9-12)10-17(22)19(18(15)23)27-20(24,25)26/h4-6,8,10H,2-3,7,9H2,1H3. The third-order valence-corrected chi connectivity index (χ3v) is 4.44. The fourth-order valence-corrected chi connectivity index (χ4v) is 3.25. The number of rotatable bonds is 4. The molecule has 0 aliphatic heterocycles. The topological polar surface area (TPSA) is 9.23 Å². The number of allylic oxidation sites excluding steroid dienone is 2. The number of aryl methyl sites for hydroxylation is 1. The van der Waals surface area contributed by atoms with Gasteiger partial charge in [-0.3, -0.25) is 0 Å². The number of hydrogen-bond acceptors (Lipinski definition) is 1. The fraction of sp³-hybridized carbons (Fsp3) is 0.300. The average molecular weight is 386 g/mol. The van der Waals surface area contributed by atoms with Gasteiger partial charge in [0.1, 0.15) is 5.82 Å². The molecule has 0 heterocycles. The maximum absolute atomic E-state index is 14.4. The lowest BCUT2D eigenvalue weighted by Crippen LogP contribution is -2.20. The Morgan fingerprint density at radius 3 is 2.41 bits per heavy atom. The minimum Gasteiger partial charge on any atom is -0.399 e. The van der Waals surface area contributed by atoms with Crippen molar-refractivity contribution in [2.24, 2.45) is 0 Å². The van der Waals surface area contributed by atoms with Gasteiger partial charge in [-0.2, -0.15) is 0 Å². The van der Waals surface area contributed by atoms with Crippen LogP contribution in [0.3, 0.4) is 0 Å². The first-order valence-electron chi connectivity index (χ1n) is 8.43. The zero-order valence-corrected chi connectivity index (χ0v) is 14.4. The highest BCUT2D eigenvalue weighted by Gasteiger charge is 2.35. The Balaban J connectivity index is 1.93. The second-order valence-corrected chi connectivity index (χ2v) is 6.36. The lowest BCUT2D eigenvalue weighted by molar-refractivity contribution is -0.276. The van der Waals surface area contributed by atoms with Crippen LogP contribution in [0.4, 0.5) is 26.3 Å². The number of benzene rings is 2. The molecule has 144 valence electrons. The van der Waals surface area contributed by atoms with Crippen molar-refractivity contribution in [1.82, 2.24) is 0 Å². The van der Waals surface area contributed by atoms with Gasteiger partial charge >= 0.3 is 6.36 Å². The predicted octanol–water partition coefficient (Wildman–Crippen LogP) is 6.14. The molecule has 0 unspecified atom stereocenters. The monoisotopic (exact) mass is 386 g/mol. The third-order valence-electron chi connectivity index (χ3n) is 4.44. The van der Waals surface area contributed by atoms with Crippen LogP contribution in [0.2, 0.25) is 0 Å². The molecule has 1 aliphatic carbocycles. The van der Waals surface area contributed by atoms with E-state index in [0.29, 0.717) is 11.1 Å².